The van der Waals surface area contributed by atoms with Gasteiger partial charge in [-0.1, -0.05) is 23.7 Å². The third-order valence-electron chi connectivity index (χ3n) is 3.27. The van der Waals surface area contributed by atoms with E-state index in [1.807, 2.05) is 12.1 Å². The molecule has 1 aliphatic rings. The lowest BCUT2D eigenvalue weighted by atomic mass is 10.2. The Morgan fingerprint density at radius 2 is 2.26 bits per heavy atom. The zero-order valence-electron chi connectivity index (χ0n) is 11.3. The molecule has 2 rings (SSSR count). The van der Waals surface area contributed by atoms with E-state index in [0.717, 1.165) is 19.7 Å². The smallest absolute Gasteiger partial charge is 0.255 e. The van der Waals surface area contributed by atoms with Crippen molar-refractivity contribution in [3.63, 3.8) is 0 Å². The molecular weight excluding hydrogens is 264 g/mol. The molecule has 0 spiro atoms. The summed E-state index contributed by atoms with van der Waals surface area (Å²) < 4.78 is 5.67. The lowest BCUT2D eigenvalue weighted by Crippen LogP contribution is -2.46. The van der Waals surface area contributed by atoms with E-state index in [1.54, 1.807) is 24.1 Å². The highest BCUT2D eigenvalue weighted by Gasteiger charge is 2.22. The van der Waals surface area contributed by atoms with Crippen LogP contribution in [0.5, 0.6) is 0 Å². The SMILES string of the molecule is CN1CCOC(CN(C)C(=O)c2ccccc2Cl)C1. The van der Waals surface area contributed by atoms with E-state index in [9.17, 15) is 4.79 Å². The summed E-state index contributed by atoms with van der Waals surface area (Å²) in [6.07, 6.45) is 0.0650. The van der Waals surface area contributed by atoms with Crippen molar-refractivity contribution in [1.29, 1.82) is 0 Å². The molecule has 0 radical (unpaired) electrons. The van der Waals surface area contributed by atoms with Crippen molar-refractivity contribution in [2.75, 3.05) is 40.3 Å². The minimum atomic E-state index is -0.0672. The molecule has 1 aromatic rings. The molecule has 1 aromatic carbocycles. The van der Waals surface area contributed by atoms with Crippen molar-refractivity contribution in [2.24, 2.45) is 0 Å². The van der Waals surface area contributed by atoms with Gasteiger partial charge in [-0.3, -0.25) is 4.79 Å². The van der Waals surface area contributed by atoms with Crippen LogP contribution in [0.1, 0.15) is 10.4 Å². The normalized spacial score (nSPS) is 20.3. The van der Waals surface area contributed by atoms with Gasteiger partial charge in [0.25, 0.3) is 5.91 Å². The first-order valence-electron chi connectivity index (χ1n) is 6.38. The van der Waals surface area contributed by atoms with Gasteiger partial charge in [0.2, 0.25) is 0 Å². The summed E-state index contributed by atoms with van der Waals surface area (Å²) in [4.78, 5) is 16.2. The standard InChI is InChI=1S/C14H19ClN2O2/c1-16-7-8-19-11(9-16)10-17(2)14(18)12-5-3-4-6-13(12)15/h3-6,11H,7-10H2,1-2H3. The van der Waals surface area contributed by atoms with Crippen LogP contribution in [0.2, 0.25) is 5.02 Å². The van der Waals surface area contributed by atoms with Gasteiger partial charge in [-0.05, 0) is 19.2 Å². The number of carbonyl (C=O) groups is 1. The number of halogens is 1. The fourth-order valence-corrected chi connectivity index (χ4v) is 2.42. The Balaban J connectivity index is 1.98. The maximum atomic E-state index is 12.3. The third-order valence-corrected chi connectivity index (χ3v) is 3.60. The van der Waals surface area contributed by atoms with Gasteiger partial charge >= 0.3 is 0 Å². The second kappa shape index (κ2) is 6.37. The average molecular weight is 283 g/mol. The van der Waals surface area contributed by atoms with E-state index in [-0.39, 0.29) is 12.0 Å². The number of carbonyl (C=O) groups excluding carboxylic acids is 1. The van der Waals surface area contributed by atoms with Crippen molar-refractivity contribution >= 4 is 17.5 Å². The Labute approximate surface area is 118 Å². The van der Waals surface area contributed by atoms with E-state index >= 15 is 0 Å². The molecule has 19 heavy (non-hydrogen) atoms. The van der Waals surface area contributed by atoms with E-state index in [4.69, 9.17) is 16.3 Å². The van der Waals surface area contributed by atoms with Gasteiger partial charge in [-0.25, -0.2) is 0 Å². The zero-order chi connectivity index (χ0) is 13.8. The van der Waals surface area contributed by atoms with Crippen LogP contribution < -0.4 is 0 Å². The molecule has 0 N–H and O–H groups in total. The zero-order valence-corrected chi connectivity index (χ0v) is 12.1. The second-order valence-electron chi connectivity index (χ2n) is 4.92. The third kappa shape index (κ3) is 3.69. The Hall–Kier alpha value is -1.10. The van der Waals surface area contributed by atoms with Crippen LogP contribution in [0.4, 0.5) is 0 Å². The number of ether oxygens (including phenoxy) is 1. The van der Waals surface area contributed by atoms with Crippen LogP contribution in [-0.2, 0) is 4.74 Å². The van der Waals surface area contributed by atoms with Gasteiger partial charge in [0.05, 0.1) is 23.3 Å². The average Bonchev–Trinajstić information content (AvgIpc) is 2.38. The van der Waals surface area contributed by atoms with Crippen LogP contribution in [0, 0.1) is 0 Å². The monoisotopic (exact) mass is 282 g/mol. The number of hydrogen-bond donors (Lipinski definition) is 0. The quantitative estimate of drug-likeness (QED) is 0.847. The first kappa shape index (κ1) is 14.3. The number of amides is 1. The largest absolute Gasteiger partial charge is 0.374 e. The minimum absolute atomic E-state index is 0.0650. The molecule has 0 saturated carbocycles. The van der Waals surface area contributed by atoms with Crippen LogP contribution in [0.3, 0.4) is 0 Å². The molecular formula is C14H19ClN2O2. The fourth-order valence-electron chi connectivity index (χ4n) is 2.21. The number of nitrogens with zero attached hydrogens (tertiary/aromatic N) is 2. The summed E-state index contributed by atoms with van der Waals surface area (Å²) in [6.45, 7) is 3.09. The summed E-state index contributed by atoms with van der Waals surface area (Å²) in [5.41, 5.74) is 0.538. The summed E-state index contributed by atoms with van der Waals surface area (Å²) in [5, 5.41) is 0.487. The van der Waals surface area contributed by atoms with Gasteiger partial charge in [0, 0.05) is 26.7 Å². The van der Waals surface area contributed by atoms with Gasteiger partial charge in [-0.2, -0.15) is 0 Å². The molecule has 1 heterocycles. The van der Waals surface area contributed by atoms with Gasteiger partial charge in [0.15, 0.2) is 0 Å². The van der Waals surface area contributed by atoms with Crippen LogP contribution in [-0.4, -0.2) is 62.1 Å². The summed E-state index contributed by atoms with van der Waals surface area (Å²) >= 11 is 6.04. The topological polar surface area (TPSA) is 32.8 Å². The summed E-state index contributed by atoms with van der Waals surface area (Å²) in [6, 6.07) is 7.11. The molecule has 1 atom stereocenters. The molecule has 104 valence electrons. The predicted octanol–water partition coefficient (Wildman–Crippen LogP) is 1.74. The van der Waals surface area contributed by atoms with Crippen LogP contribution in [0.25, 0.3) is 0 Å². The molecule has 1 amide bonds. The fraction of sp³-hybridized carbons (Fsp3) is 0.500. The Kier molecular flexibility index (Phi) is 4.80. The number of morpholine rings is 1. The molecule has 1 unspecified atom stereocenters. The molecule has 1 fully saturated rings. The van der Waals surface area contributed by atoms with Gasteiger partial charge < -0.3 is 14.5 Å². The molecule has 0 aromatic heterocycles. The molecule has 0 aliphatic carbocycles. The maximum Gasteiger partial charge on any atom is 0.255 e. The summed E-state index contributed by atoms with van der Waals surface area (Å²) in [5.74, 6) is -0.0672. The molecule has 1 aliphatic heterocycles. The first-order chi connectivity index (χ1) is 9.08. The number of likely N-dealkylation sites (N-methyl/N-ethyl adjacent to an activating group) is 2. The van der Waals surface area contributed by atoms with Crippen LogP contribution in [0.15, 0.2) is 24.3 Å². The second-order valence-corrected chi connectivity index (χ2v) is 5.33. The van der Waals surface area contributed by atoms with Crippen LogP contribution >= 0.6 is 11.6 Å². The number of benzene rings is 1. The lowest BCUT2D eigenvalue weighted by Gasteiger charge is -2.32. The Bertz CT molecular complexity index is 453. The van der Waals surface area contributed by atoms with E-state index in [2.05, 4.69) is 11.9 Å². The van der Waals surface area contributed by atoms with Crippen molar-refractivity contribution < 1.29 is 9.53 Å². The predicted molar refractivity (Wildman–Crippen MR) is 75.6 cm³/mol. The highest BCUT2D eigenvalue weighted by atomic mass is 35.5. The maximum absolute atomic E-state index is 12.3. The van der Waals surface area contributed by atoms with Crippen molar-refractivity contribution in [3.8, 4) is 0 Å². The Morgan fingerprint density at radius 3 is 2.95 bits per heavy atom. The molecule has 0 bridgehead atoms. The Morgan fingerprint density at radius 1 is 1.53 bits per heavy atom. The van der Waals surface area contributed by atoms with Crippen molar-refractivity contribution in [1.82, 2.24) is 9.80 Å². The molecule has 1 saturated heterocycles. The van der Waals surface area contributed by atoms with Crippen molar-refractivity contribution in [2.45, 2.75) is 6.10 Å². The minimum Gasteiger partial charge on any atom is -0.374 e. The summed E-state index contributed by atoms with van der Waals surface area (Å²) in [7, 11) is 3.84. The number of rotatable bonds is 3. The van der Waals surface area contributed by atoms with Crippen molar-refractivity contribution in [3.05, 3.63) is 34.9 Å². The molecule has 5 heteroatoms. The molecule has 4 nitrogen and oxygen atoms in total. The number of hydrogen-bond acceptors (Lipinski definition) is 3. The first-order valence-corrected chi connectivity index (χ1v) is 6.76. The van der Waals surface area contributed by atoms with Gasteiger partial charge in [-0.15, -0.1) is 0 Å². The highest BCUT2D eigenvalue weighted by molar-refractivity contribution is 6.33. The highest BCUT2D eigenvalue weighted by Crippen LogP contribution is 2.17. The van der Waals surface area contributed by atoms with E-state index in [0.29, 0.717) is 17.1 Å². The van der Waals surface area contributed by atoms with E-state index < -0.39 is 0 Å². The lowest BCUT2D eigenvalue weighted by molar-refractivity contribution is -0.0301. The van der Waals surface area contributed by atoms with E-state index in [1.165, 1.54) is 0 Å². The van der Waals surface area contributed by atoms with Gasteiger partial charge in [0.1, 0.15) is 0 Å².